The van der Waals surface area contributed by atoms with E-state index in [1.807, 2.05) is 0 Å². The van der Waals surface area contributed by atoms with Crippen molar-refractivity contribution in [1.29, 1.82) is 0 Å². The Hall–Kier alpha value is -0.780. The first-order chi connectivity index (χ1) is 8.31. The molecule has 0 aliphatic carbocycles. The Morgan fingerprint density at radius 3 is 1.95 bits per heavy atom. The second-order valence-electron chi connectivity index (χ2n) is 4.20. The van der Waals surface area contributed by atoms with Gasteiger partial charge >= 0.3 is 33.0 Å². The molecule has 0 spiro atoms. The number of aryl methyl sites for hydroxylation is 2. The molecule has 1 rings (SSSR count). The fourth-order valence-electron chi connectivity index (χ4n) is 1.30. The van der Waals surface area contributed by atoms with Crippen molar-refractivity contribution in [3.8, 4) is 0 Å². The van der Waals surface area contributed by atoms with Gasteiger partial charge in [-0.15, -0.1) is 0 Å². The van der Waals surface area contributed by atoms with E-state index in [2.05, 4.69) is 41.7 Å². The molecule has 1 aromatic rings. The maximum absolute atomic E-state index is 10.7. The van der Waals surface area contributed by atoms with Crippen molar-refractivity contribution in [2.45, 2.75) is 46.2 Å². The molecule has 2 nitrogen and oxygen atoms in total. The molecule has 0 aromatic carbocycles. The molecule has 0 aliphatic rings. The Morgan fingerprint density at radius 2 is 1.53 bits per heavy atom. The van der Waals surface area contributed by atoms with E-state index in [9.17, 15) is 25.2 Å². The van der Waals surface area contributed by atoms with Crippen LogP contribution in [0.1, 0.15) is 33.1 Å². The molecule has 0 bridgehead atoms. The molecule has 0 unspecified atom stereocenters. The van der Waals surface area contributed by atoms with Crippen LogP contribution in [0.2, 0.25) is 0 Å². The van der Waals surface area contributed by atoms with E-state index in [-0.39, 0.29) is 0 Å². The number of halogens is 6. The van der Waals surface area contributed by atoms with Gasteiger partial charge in [0.2, 0.25) is 6.33 Å². The monoisotopic (exact) mass is 312 g/mol. The number of nitrogens with zero attached hydrogens (tertiary/aromatic N) is 2. The van der Waals surface area contributed by atoms with Gasteiger partial charge in [-0.05, 0) is 12.8 Å². The third-order valence-electron chi connectivity index (χ3n) is 2.00. The standard InChI is InChI=1S/C10H19N2.F6P/c1-3-5-7-12-9-8-11(10-12)6-4-2;1-7(2,3,4,5)6/h8-10H,3-7H2,1-2H3;/q+1;-1. The first kappa shape index (κ1) is 18.2. The molecule has 1 heterocycles. The van der Waals surface area contributed by atoms with Crippen molar-refractivity contribution in [1.82, 2.24) is 4.57 Å². The van der Waals surface area contributed by atoms with E-state index in [1.54, 1.807) is 0 Å². The van der Waals surface area contributed by atoms with Crippen LogP contribution in [-0.4, -0.2) is 4.57 Å². The van der Waals surface area contributed by atoms with Gasteiger partial charge in [0.25, 0.3) is 0 Å². The first-order valence-corrected chi connectivity index (χ1v) is 7.96. The Kier molecular flexibility index (Phi) is 5.46. The summed E-state index contributed by atoms with van der Waals surface area (Å²) >= 11 is 0. The second kappa shape index (κ2) is 5.69. The quantitative estimate of drug-likeness (QED) is 0.393. The summed E-state index contributed by atoms with van der Waals surface area (Å²) in [7, 11) is -10.7. The fourth-order valence-corrected chi connectivity index (χ4v) is 1.30. The summed E-state index contributed by atoms with van der Waals surface area (Å²) in [4.78, 5) is 0. The predicted octanol–water partition coefficient (Wildman–Crippen LogP) is 5.37. The van der Waals surface area contributed by atoms with E-state index in [0.29, 0.717) is 0 Å². The summed E-state index contributed by atoms with van der Waals surface area (Å²) in [6.45, 7) is 6.73. The van der Waals surface area contributed by atoms with Gasteiger partial charge in [0.1, 0.15) is 12.4 Å². The first-order valence-electron chi connectivity index (χ1n) is 5.93. The third-order valence-corrected chi connectivity index (χ3v) is 2.00. The normalized spacial score (nSPS) is 15.2. The maximum atomic E-state index is 9.87. The SMILES string of the molecule is CCCCn1cc[n+](CCC)c1.F[P-](F)(F)(F)(F)F. The summed E-state index contributed by atoms with van der Waals surface area (Å²) in [5.74, 6) is 0. The van der Waals surface area contributed by atoms with Crippen molar-refractivity contribution >= 4 is 7.81 Å². The summed E-state index contributed by atoms with van der Waals surface area (Å²) in [5.41, 5.74) is 0. The molecule has 0 N–H and O–H groups in total. The van der Waals surface area contributed by atoms with Crippen LogP contribution < -0.4 is 4.57 Å². The molecule has 0 saturated carbocycles. The van der Waals surface area contributed by atoms with E-state index < -0.39 is 7.81 Å². The van der Waals surface area contributed by atoms with Gasteiger partial charge in [0.15, 0.2) is 0 Å². The van der Waals surface area contributed by atoms with Gasteiger partial charge in [-0.25, -0.2) is 9.13 Å². The Morgan fingerprint density at radius 1 is 1.00 bits per heavy atom. The zero-order valence-electron chi connectivity index (χ0n) is 10.9. The van der Waals surface area contributed by atoms with Crippen molar-refractivity contribution in [2.75, 3.05) is 0 Å². The predicted molar refractivity (Wildman–Crippen MR) is 63.4 cm³/mol. The van der Waals surface area contributed by atoms with Crippen molar-refractivity contribution in [3.05, 3.63) is 18.7 Å². The topological polar surface area (TPSA) is 8.81 Å². The molecule has 9 heteroatoms. The van der Waals surface area contributed by atoms with Gasteiger partial charge in [-0.1, -0.05) is 20.3 Å². The molecule has 0 fully saturated rings. The van der Waals surface area contributed by atoms with Crippen LogP contribution in [0.5, 0.6) is 0 Å². The molecular formula is C10H19F6N2P. The summed E-state index contributed by atoms with van der Waals surface area (Å²) in [6, 6.07) is 0. The van der Waals surface area contributed by atoms with E-state index in [1.165, 1.54) is 19.3 Å². The van der Waals surface area contributed by atoms with Crippen LogP contribution in [0.15, 0.2) is 18.7 Å². The number of hydrogen-bond donors (Lipinski definition) is 0. The van der Waals surface area contributed by atoms with E-state index >= 15 is 0 Å². The van der Waals surface area contributed by atoms with Crippen LogP contribution in [0, 0.1) is 0 Å². The third kappa shape index (κ3) is 17.2. The van der Waals surface area contributed by atoms with Crippen LogP contribution in [-0.2, 0) is 13.1 Å². The van der Waals surface area contributed by atoms with Crippen LogP contribution in [0.25, 0.3) is 0 Å². The molecule has 0 amide bonds. The van der Waals surface area contributed by atoms with Crippen molar-refractivity contribution < 1.29 is 29.7 Å². The zero-order valence-corrected chi connectivity index (χ0v) is 11.8. The van der Waals surface area contributed by atoms with Gasteiger partial charge in [-0.2, -0.15) is 0 Å². The molecule has 1 aromatic heterocycles. The molecule has 0 radical (unpaired) electrons. The zero-order chi connectivity index (χ0) is 15.2. The van der Waals surface area contributed by atoms with E-state index in [0.717, 1.165) is 13.1 Å². The number of rotatable bonds is 5. The fraction of sp³-hybridized carbons (Fsp3) is 0.700. The Bertz CT molecular complexity index is 371. The average molecular weight is 312 g/mol. The Labute approximate surface area is 108 Å². The number of hydrogen-bond acceptors (Lipinski definition) is 0. The van der Waals surface area contributed by atoms with Gasteiger partial charge < -0.3 is 0 Å². The summed E-state index contributed by atoms with van der Waals surface area (Å²) < 4.78 is 63.7. The minimum atomic E-state index is -10.7. The second-order valence-corrected chi connectivity index (χ2v) is 6.12. The molecule has 19 heavy (non-hydrogen) atoms. The molecule has 0 atom stereocenters. The molecule has 0 saturated heterocycles. The van der Waals surface area contributed by atoms with Gasteiger partial charge in [0, 0.05) is 0 Å². The number of unbranched alkanes of at least 4 members (excludes halogenated alkanes) is 1. The van der Waals surface area contributed by atoms with Crippen LogP contribution in [0.4, 0.5) is 25.2 Å². The number of imidazole rings is 1. The molecular weight excluding hydrogens is 293 g/mol. The van der Waals surface area contributed by atoms with Gasteiger partial charge in [0.05, 0.1) is 13.1 Å². The number of aromatic nitrogens is 2. The summed E-state index contributed by atoms with van der Waals surface area (Å²) in [5, 5.41) is 0. The van der Waals surface area contributed by atoms with E-state index in [4.69, 9.17) is 0 Å². The average Bonchev–Trinajstić information content (AvgIpc) is 2.58. The van der Waals surface area contributed by atoms with Gasteiger partial charge in [-0.3, -0.25) is 0 Å². The molecule has 116 valence electrons. The van der Waals surface area contributed by atoms with Crippen LogP contribution >= 0.6 is 7.81 Å². The molecule has 0 aliphatic heterocycles. The Balaban J connectivity index is 0.000000399. The minimum absolute atomic E-state index is 1.14. The van der Waals surface area contributed by atoms with Crippen LogP contribution in [0.3, 0.4) is 0 Å². The van der Waals surface area contributed by atoms with Crippen molar-refractivity contribution in [3.63, 3.8) is 0 Å². The van der Waals surface area contributed by atoms with Crippen molar-refractivity contribution in [2.24, 2.45) is 0 Å². The summed E-state index contributed by atoms with van der Waals surface area (Å²) in [6.07, 6.45) is 10.3.